The molecule has 0 aliphatic rings. The normalized spacial score (nSPS) is 12.4. The van der Waals surface area contributed by atoms with Crippen molar-refractivity contribution in [1.29, 1.82) is 0 Å². The Morgan fingerprint density at radius 2 is 2.06 bits per heavy atom. The molecule has 1 unspecified atom stereocenters. The van der Waals surface area contributed by atoms with Gasteiger partial charge in [0.15, 0.2) is 0 Å². The van der Waals surface area contributed by atoms with Gasteiger partial charge in [-0.15, -0.1) is 0 Å². The first-order valence-electron chi connectivity index (χ1n) is 5.83. The van der Waals surface area contributed by atoms with Crippen LogP contribution >= 0.6 is 0 Å². The van der Waals surface area contributed by atoms with Gasteiger partial charge in [-0.3, -0.25) is 4.79 Å². The molecule has 1 amide bonds. The lowest BCUT2D eigenvalue weighted by molar-refractivity contribution is 0.100. The SMILES string of the molecule is CC(CCO)CNCc1ccc(C(N)=O)cc1. The number of aliphatic hydroxyl groups excluding tert-OH is 1. The molecule has 0 aromatic heterocycles. The number of primary amides is 1. The molecular formula is C13H20N2O2. The van der Waals surface area contributed by atoms with E-state index < -0.39 is 5.91 Å². The monoisotopic (exact) mass is 236 g/mol. The minimum atomic E-state index is -0.402. The summed E-state index contributed by atoms with van der Waals surface area (Å²) in [5.74, 6) is 0.0611. The molecule has 0 radical (unpaired) electrons. The van der Waals surface area contributed by atoms with Crippen molar-refractivity contribution in [3.8, 4) is 0 Å². The summed E-state index contributed by atoms with van der Waals surface area (Å²) in [6.07, 6.45) is 0.813. The minimum Gasteiger partial charge on any atom is -0.396 e. The van der Waals surface area contributed by atoms with Crippen LogP contribution in [-0.4, -0.2) is 24.2 Å². The molecule has 0 aliphatic heterocycles. The van der Waals surface area contributed by atoms with E-state index in [0.717, 1.165) is 25.1 Å². The average molecular weight is 236 g/mol. The van der Waals surface area contributed by atoms with Crippen molar-refractivity contribution in [1.82, 2.24) is 5.32 Å². The molecular weight excluding hydrogens is 216 g/mol. The molecule has 0 fully saturated rings. The van der Waals surface area contributed by atoms with Crippen LogP contribution < -0.4 is 11.1 Å². The van der Waals surface area contributed by atoms with E-state index in [2.05, 4.69) is 12.2 Å². The molecule has 4 heteroatoms. The van der Waals surface area contributed by atoms with Crippen LogP contribution in [-0.2, 0) is 6.54 Å². The third-order valence-corrected chi connectivity index (χ3v) is 2.68. The molecule has 0 spiro atoms. The van der Waals surface area contributed by atoms with Crippen LogP contribution in [0.3, 0.4) is 0 Å². The number of aliphatic hydroxyl groups is 1. The third kappa shape index (κ3) is 4.97. The van der Waals surface area contributed by atoms with Gasteiger partial charge in [-0.25, -0.2) is 0 Å². The van der Waals surface area contributed by atoms with Gasteiger partial charge in [0.2, 0.25) is 5.91 Å². The maximum atomic E-state index is 10.9. The lowest BCUT2D eigenvalue weighted by Crippen LogP contribution is -2.21. The molecule has 17 heavy (non-hydrogen) atoms. The first-order chi connectivity index (χ1) is 8.13. The summed E-state index contributed by atoms with van der Waals surface area (Å²) in [7, 11) is 0. The second kappa shape index (κ2) is 7.04. The van der Waals surface area contributed by atoms with Crippen LogP contribution in [0.4, 0.5) is 0 Å². The van der Waals surface area contributed by atoms with Gasteiger partial charge in [0.05, 0.1) is 0 Å². The summed E-state index contributed by atoms with van der Waals surface area (Å²) in [6.45, 7) is 3.96. The minimum absolute atomic E-state index is 0.232. The zero-order valence-electron chi connectivity index (χ0n) is 10.1. The molecule has 4 nitrogen and oxygen atoms in total. The number of nitrogens with one attached hydrogen (secondary N) is 1. The zero-order valence-corrected chi connectivity index (χ0v) is 10.1. The van der Waals surface area contributed by atoms with Gasteiger partial charge in [-0.05, 0) is 36.6 Å². The van der Waals surface area contributed by atoms with Crippen LogP contribution in [0.1, 0.15) is 29.3 Å². The van der Waals surface area contributed by atoms with Crippen LogP contribution in [0, 0.1) is 5.92 Å². The molecule has 1 aromatic carbocycles. The van der Waals surface area contributed by atoms with Crippen molar-refractivity contribution in [3.63, 3.8) is 0 Å². The molecule has 1 atom stereocenters. The van der Waals surface area contributed by atoms with E-state index in [1.54, 1.807) is 12.1 Å². The molecule has 0 bridgehead atoms. The summed E-state index contributed by atoms with van der Waals surface area (Å²) in [5, 5.41) is 12.1. The third-order valence-electron chi connectivity index (χ3n) is 2.68. The Morgan fingerprint density at radius 1 is 1.41 bits per heavy atom. The Labute approximate surface area is 102 Å². The fraction of sp³-hybridized carbons (Fsp3) is 0.462. The lowest BCUT2D eigenvalue weighted by Gasteiger charge is -2.11. The Bertz CT molecular complexity index is 349. The van der Waals surface area contributed by atoms with E-state index in [9.17, 15) is 4.79 Å². The zero-order chi connectivity index (χ0) is 12.7. The predicted molar refractivity (Wildman–Crippen MR) is 67.5 cm³/mol. The van der Waals surface area contributed by atoms with Gasteiger partial charge < -0.3 is 16.2 Å². The summed E-state index contributed by atoms with van der Waals surface area (Å²) in [4.78, 5) is 10.9. The molecule has 0 saturated carbocycles. The molecule has 0 saturated heterocycles. The van der Waals surface area contributed by atoms with E-state index in [0.29, 0.717) is 11.5 Å². The molecule has 1 aromatic rings. The highest BCUT2D eigenvalue weighted by Gasteiger charge is 2.02. The number of hydrogen-bond acceptors (Lipinski definition) is 3. The van der Waals surface area contributed by atoms with Crippen LogP contribution in [0.2, 0.25) is 0 Å². The highest BCUT2D eigenvalue weighted by Crippen LogP contribution is 2.04. The molecule has 0 heterocycles. The van der Waals surface area contributed by atoms with Crippen molar-refractivity contribution in [2.75, 3.05) is 13.2 Å². The number of amides is 1. The second-order valence-corrected chi connectivity index (χ2v) is 4.31. The van der Waals surface area contributed by atoms with Gasteiger partial charge in [-0.1, -0.05) is 19.1 Å². The number of nitrogens with two attached hydrogens (primary N) is 1. The van der Waals surface area contributed by atoms with Crippen LogP contribution in [0.5, 0.6) is 0 Å². The maximum Gasteiger partial charge on any atom is 0.248 e. The van der Waals surface area contributed by atoms with Gasteiger partial charge in [0, 0.05) is 18.7 Å². The smallest absolute Gasteiger partial charge is 0.248 e. The molecule has 4 N–H and O–H groups in total. The first kappa shape index (κ1) is 13.7. The van der Waals surface area contributed by atoms with E-state index >= 15 is 0 Å². The highest BCUT2D eigenvalue weighted by atomic mass is 16.3. The summed E-state index contributed by atoms with van der Waals surface area (Å²) >= 11 is 0. The van der Waals surface area contributed by atoms with Gasteiger partial charge in [0.25, 0.3) is 0 Å². The van der Waals surface area contributed by atoms with E-state index in [1.807, 2.05) is 12.1 Å². The lowest BCUT2D eigenvalue weighted by atomic mass is 10.1. The summed E-state index contributed by atoms with van der Waals surface area (Å²) in [6, 6.07) is 7.25. The fourth-order valence-electron chi connectivity index (χ4n) is 1.57. The number of carbonyl (C=O) groups excluding carboxylic acids is 1. The van der Waals surface area contributed by atoms with Crippen molar-refractivity contribution in [3.05, 3.63) is 35.4 Å². The van der Waals surface area contributed by atoms with Crippen molar-refractivity contribution >= 4 is 5.91 Å². The Balaban J connectivity index is 2.34. The topological polar surface area (TPSA) is 75.3 Å². The fourth-order valence-corrected chi connectivity index (χ4v) is 1.57. The maximum absolute atomic E-state index is 10.9. The molecule has 1 rings (SSSR count). The highest BCUT2D eigenvalue weighted by molar-refractivity contribution is 5.92. The van der Waals surface area contributed by atoms with Gasteiger partial charge in [0.1, 0.15) is 0 Å². The van der Waals surface area contributed by atoms with Gasteiger partial charge >= 0.3 is 0 Å². The summed E-state index contributed by atoms with van der Waals surface area (Å²) in [5.41, 5.74) is 6.81. The van der Waals surface area contributed by atoms with Crippen molar-refractivity contribution in [2.24, 2.45) is 11.7 Å². The van der Waals surface area contributed by atoms with E-state index in [4.69, 9.17) is 10.8 Å². The number of benzene rings is 1. The van der Waals surface area contributed by atoms with Crippen LogP contribution in [0.15, 0.2) is 24.3 Å². The standard InChI is InChI=1S/C13H20N2O2/c1-10(6-7-16)8-15-9-11-2-4-12(5-3-11)13(14)17/h2-5,10,15-16H,6-9H2,1H3,(H2,14,17). The quantitative estimate of drug-likeness (QED) is 0.658. The Hall–Kier alpha value is -1.39. The van der Waals surface area contributed by atoms with E-state index in [1.165, 1.54) is 0 Å². The predicted octanol–water partition coefficient (Wildman–Crippen LogP) is 0.894. The average Bonchev–Trinajstić information content (AvgIpc) is 2.30. The number of carbonyl (C=O) groups is 1. The van der Waals surface area contributed by atoms with Crippen LogP contribution in [0.25, 0.3) is 0 Å². The Kier molecular flexibility index (Phi) is 5.66. The van der Waals surface area contributed by atoms with E-state index in [-0.39, 0.29) is 6.61 Å². The molecule has 94 valence electrons. The number of hydrogen-bond donors (Lipinski definition) is 3. The van der Waals surface area contributed by atoms with Gasteiger partial charge in [-0.2, -0.15) is 0 Å². The van der Waals surface area contributed by atoms with Crippen molar-refractivity contribution < 1.29 is 9.90 Å². The van der Waals surface area contributed by atoms with Crippen molar-refractivity contribution in [2.45, 2.75) is 19.9 Å². The summed E-state index contributed by atoms with van der Waals surface area (Å²) < 4.78 is 0. The Morgan fingerprint density at radius 3 is 2.59 bits per heavy atom. The second-order valence-electron chi connectivity index (χ2n) is 4.31. The molecule has 0 aliphatic carbocycles. The largest absolute Gasteiger partial charge is 0.396 e. The first-order valence-corrected chi connectivity index (χ1v) is 5.83. The number of rotatable bonds is 7.